The van der Waals surface area contributed by atoms with Gasteiger partial charge in [-0.05, 0) is 46.6 Å². The van der Waals surface area contributed by atoms with Crippen LogP contribution in [0.2, 0.25) is 0 Å². The van der Waals surface area contributed by atoms with Crippen molar-refractivity contribution in [3.05, 3.63) is 82.7 Å². The molecule has 0 saturated heterocycles. The Morgan fingerprint density at radius 2 is 1.88 bits per heavy atom. The van der Waals surface area contributed by atoms with Gasteiger partial charge in [0.2, 0.25) is 10.0 Å². The van der Waals surface area contributed by atoms with Gasteiger partial charge in [0.05, 0.1) is 5.52 Å². The Morgan fingerprint density at radius 1 is 1.21 bits per heavy atom. The molecule has 0 fully saturated rings. The summed E-state index contributed by atoms with van der Waals surface area (Å²) >= 11 is 3.34. The molecule has 6 heteroatoms. The van der Waals surface area contributed by atoms with Crippen molar-refractivity contribution in [3.8, 4) is 0 Å². The van der Waals surface area contributed by atoms with Crippen molar-refractivity contribution in [1.82, 2.24) is 3.97 Å². The molecule has 0 aliphatic heterocycles. The van der Waals surface area contributed by atoms with Gasteiger partial charge in [-0.1, -0.05) is 35.9 Å². The molecule has 0 aliphatic rings. The summed E-state index contributed by atoms with van der Waals surface area (Å²) in [6.07, 6.45) is 2.84. The molecule has 3 aromatic rings. The van der Waals surface area contributed by atoms with E-state index >= 15 is 0 Å². The van der Waals surface area contributed by atoms with Crippen molar-refractivity contribution in [2.75, 3.05) is 0 Å². The summed E-state index contributed by atoms with van der Waals surface area (Å²) in [6.45, 7) is 5.61. The normalized spacial score (nSPS) is 13.1. The van der Waals surface area contributed by atoms with Gasteiger partial charge in [0.15, 0.2) is 0 Å². The number of fused-ring (bicyclic) bond motifs is 1. The van der Waals surface area contributed by atoms with Crippen molar-refractivity contribution >= 4 is 36.9 Å². The summed E-state index contributed by atoms with van der Waals surface area (Å²) in [4.78, 5) is 0. The van der Waals surface area contributed by atoms with E-state index in [1.807, 2.05) is 19.1 Å². The second kappa shape index (κ2) is 6.18. The van der Waals surface area contributed by atoms with Gasteiger partial charge in [-0.2, -0.15) is 0 Å². The highest BCUT2D eigenvalue weighted by Gasteiger charge is 2.28. The van der Waals surface area contributed by atoms with Gasteiger partial charge in [-0.15, -0.1) is 6.58 Å². The maximum atomic E-state index is 13.6. The predicted molar refractivity (Wildman–Crippen MR) is 98.0 cm³/mol. The second-order valence-electron chi connectivity index (χ2n) is 5.55. The molecule has 0 amide bonds. The third kappa shape index (κ3) is 2.80. The molecule has 3 rings (SSSR count). The lowest BCUT2D eigenvalue weighted by molar-refractivity contribution is 0.583. The van der Waals surface area contributed by atoms with Crippen LogP contribution < -0.4 is 0 Å². The van der Waals surface area contributed by atoms with Gasteiger partial charge in [0.25, 0.3) is 0 Å². The fourth-order valence-electron chi connectivity index (χ4n) is 2.65. The zero-order valence-corrected chi connectivity index (χ0v) is 15.3. The Balaban J connectivity index is 2.21. The van der Waals surface area contributed by atoms with E-state index in [0.717, 1.165) is 9.54 Å². The highest BCUT2D eigenvalue weighted by Crippen LogP contribution is 2.33. The predicted octanol–water partition coefficient (Wildman–Crippen LogP) is 4.96. The zero-order valence-electron chi connectivity index (χ0n) is 12.9. The minimum Gasteiger partial charge on any atom is -0.243 e. The molecule has 0 spiro atoms. The van der Waals surface area contributed by atoms with Gasteiger partial charge >= 0.3 is 0 Å². The number of hydrogen-bond donors (Lipinski definition) is 0. The van der Waals surface area contributed by atoms with Gasteiger partial charge in [-0.3, -0.25) is 0 Å². The fraction of sp³-hybridized carbons (Fsp3) is 0.111. The van der Waals surface area contributed by atoms with Crippen molar-refractivity contribution in [1.29, 1.82) is 0 Å². The Morgan fingerprint density at radius 3 is 2.50 bits per heavy atom. The van der Waals surface area contributed by atoms with Gasteiger partial charge in [0.1, 0.15) is 11.1 Å². The molecular weight excluding hydrogens is 393 g/mol. The molecule has 24 heavy (non-hydrogen) atoms. The molecule has 1 unspecified atom stereocenters. The van der Waals surface area contributed by atoms with E-state index in [1.165, 1.54) is 24.4 Å². The first-order chi connectivity index (χ1) is 11.3. The van der Waals surface area contributed by atoms with E-state index in [2.05, 4.69) is 22.5 Å². The van der Waals surface area contributed by atoms with E-state index in [-0.39, 0.29) is 0 Å². The molecule has 124 valence electrons. The lowest BCUT2D eigenvalue weighted by Crippen LogP contribution is -2.19. The van der Waals surface area contributed by atoms with Crippen LogP contribution in [0.1, 0.15) is 16.4 Å². The standard InChI is InChI=1S/C18H15BrFNO2S/c1-3-18(13-6-4-12(2)5-7-13)24(22,23)21-11-16(19)15-9-8-14(20)10-17(15)21/h3-11,18H,1H2,2H3. The van der Waals surface area contributed by atoms with Crippen LogP contribution in [0.4, 0.5) is 4.39 Å². The quantitative estimate of drug-likeness (QED) is 0.573. The number of benzene rings is 2. The molecule has 0 N–H and O–H groups in total. The first-order valence-corrected chi connectivity index (χ1v) is 9.54. The number of aromatic nitrogens is 1. The summed E-state index contributed by atoms with van der Waals surface area (Å²) < 4.78 is 41.6. The monoisotopic (exact) mass is 407 g/mol. The third-order valence-corrected chi connectivity index (χ3v) is 6.49. The Labute approximate surface area is 148 Å². The van der Waals surface area contributed by atoms with Gasteiger partial charge < -0.3 is 0 Å². The largest absolute Gasteiger partial charge is 0.249 e. The lowest BCUT2D eigenvalue weighted by Gasteiger charge is -2.16. The number of halogens is 2. The van der Waals surface area contributed by atoms with Crippen LogP contribution in [0, 0.1) is 12.7 Å². The van der Waals surface area contributed by atoms with Crippen molar-refractivity contribution in [3.63, 3.8) is 0 Å². The molecule has 0 saturated carbocycles. The number of rotatable bonds is 4. The maximum absolute atomic E-state index is 13.6. The molecule has 3 nitrogen and oxygen atoms in total. The lowest BCUT2D eigenvalue weighted by atomic mass is 10.1. The molecule has 1 heterocycles. The first kappa shape index (κ1) is 16.9. The van der Waals surface area contributed by atoms with Crippen molar-refractivity contribution in [2.24, 2.45) is 0 Å². The third-order valence-electron chi connectivity index (χ3n) is 3.90. The molecule has 0 aliphatic carbocycles. The minimum absolute atomic E-state index is 0.292. The molecule has 2 aromatic carbocycles. The average Bonchev–Trinajstić information content (AvgIpc) is 2.87. The number of aryl methyl sites for hydroxylation is 1. The van der Waals surface area contributed by atoms with E-state index < -0.39 is 21.1 Å². The first-order valence-electron chi connectivity index (χ1n) is 7.24. The van der Waals surface area contributed by atoms with Crippen LogP contribution in [0.5, 0.6) is 0 Å². The van der Waals surface area contributed by atoms with Crippen molar-refractivity contribution < 1.29 is 12.8 Å². The van der Waals surface area contributed by atoms with E-state index in [0.29, 0.717) is 20.9 Å². The second-order valence-corrected chi connectivity index (χ2v) is 8.33. The summed E-state index contributed by atoms with van der Waals surface area (Å²) in [6, 6.07) is 11.3. The Bertz CT molecular complexity index is 1020. The highest BCUT2D eigenvalue weighted by molar-refractivity contribution is 9.10. The Hall–Kier alpha value is -1.92. The van der Waals surface area contributed by atoms with Crippen LogP contribution in [-0.2, 0) is 10.0 Å². The summed E-state index contributed by atoms with van der Waals surface area (Å²) in [5.74, 6) is -0.491. The highest BCUT2D eigenvalue weighted by atomic mass is 79.9. The van der Waals surface area contributed by atoms with E-state index in [9.17, 15) is 12.8 Å². The van der Waals surface area contributed by atoms with E-state index in [1.54, 1.807) is 18.2 Å². The smallest absolute Gasteiger partial charge is 0.243 e. The number of hydrogen-bond acceptors (Lipinski definition) is 2. The molecule has 1 atom stereocenters. The van der Waals surface area contributed by atoms with Gasteiger partial charge in [0, 0.05) is 16.1 Å². The summed E-state index contributed by atoms with van der Waals surface area (Å²) in [5.41, 5.74) is 1.95. The molecule has 1 aromatic heterocycles. The van der Waals surface area contributed by atoms with Crippen LogP contribution in [0.15, 0.2) is 65.8 Å². The summed E-state index contributed by atoms with van der Waals surface area (Å²) in [7, 11) is -3.84. The van der Waals surface area contributed by atoms with Crippen LogP contribution >= 0.6 is 15.9 Å². The average molecular weight is 408 g/mol. The van der Waals surface area contributed by atoms with Gasteiger partial charge in [-0.25, -0.2) is 16.8 Å². The van der Waals surface area contributed by atoms with Crippen molar-refractivity contribution in [2.45, 2.75) is 12.2 Å². The molecule has 0 bridgehead atoms. The topological polar surface area (TPSA) is 39.1 Å². The molecule has 0 radical (unpaired) electrons. The maximum Gasteiger partial charge on any atom is 0.249 e. The summed E-state index contributed by atoms with van der Waals surface area (Å²) in [5, 5.41) is -0.296. The Kier molecular flexibility index (Phi) is 4.36. The minimum atomic E-state index is -3.84. The SMILES string of the molecule is C=CC(c1ccc(C)cc1)S(=O)(=O)n1cc(Br)c2ccc(F)cc21. The van der Waals surface area contributed by atoms with E-state index in [4.69, 9.17) is 0 Å². The van der Waals surface area contributed by atoms with Crippen LogP contribution in [-0.4, -0.2) is 12.4 Å². The van der Waals surface area contributed by atoms with Crippen LogP contribution in [0.25, 0.3) is 10.9 Å². The number of nitrogens with zero attached hydrogens (tertiary/aromatic N) is 1. The van der Waals surface area contributed by atoms with Crippen LogP contribution in [0.3, 0.4) is 0 Å². The zero-order chi connectivity index (χ0) is 17.5. The molecular formula is C18H15BrFNO2S. The fourth-order valence-corrected chi connectivity index (χ4v) is 4.99.